The van der Waals surface area contributed by atoms with Crippen molar-refractivity contribution in [2.24, 2.45) is 11.8 Å². The van der Waals surface area contributed by atoms with Crippen LogP contribution in [-0.4, -0.2) is 0 Å². The number of unbranched alkanes of at least 4 members (excludes halogenated alkanes) is 12. The van der Waals surface area contributed by atoms with E-state index in [4.69, 9.17) is 0 Å². The number of thiophene rings is 6. The summed E-state index contributed by atoms with van der Waals surface area (Å²) in [5.41, 5.74) is 14.2. The van der Waals surface area contributed by atoms with E-state index in [2.05, 4.69) is 158 Å². The summed E-state index contributed by atoms with van der Waals surface area (Å²) in [6, 6.07) is 18.7. The number of rotatable bonds is 24. The summed E-state index contributed by atoms with van der Waals surface area (Å²) in [5, 5.41) is 2.63. The number of hydrogen-bond donors (Lipinski definition) is 0. The van der Waals surface area contributed by atoms with Gasteiger partial charge < -0.3 is 0 Å². The Hall–Kier alpha value is -2.58. The lowest BCUT2D eigenvalue weighted by molar-refractivity contribution is 0.355. The Bertz CT molecular complexity index is 2960. The van der Waals surface area contributed by atoms with Gasteiger partial charge >= 0.3 is 0 Å². The number of fused-ring (bicyclic) bond motifs is 10. The third-order valence-corrected chi connectivity index (χ3v) is 24.3. The minimum atomic E-state index is -0.340. The molecule has 0 bridgehead atoms. The number of hydrogen-bond acceptors (Lipinski definition) is 6. The van der Waals surface area contributed by atoms with Crippen LogP contribution < -0.4 is 0 Å². The van der Waals surface area contributed by atoms with Gasteiger partial charge in [-0.05, 0) is 159 Å². The lowest BCUT2D eigenvalue weighted by Gasteiger charge is -2.40. The van der Waals surface area contributed by atoms with Crippen LogP contribution in [0.5, 0.6) is 0 Å². The van der Waals surface area contributed by atoms with Gasteiger partial charge in [0.25, 0.3) is 0 Å². The molecule has 0 aliphatic heterocycles. The Morgan fingerprint density at radius 1 is 0.557 bits per heavy atom. The summed E-state index contributed by atoms with van der Waals surface area (Å²) in [7, 11) is 0. The van der Waals surface area contributed by atoms with Crippen LogP contribution in [-0.2, 0) is 23.7 Å². The molecule has 370 valence electrons. The molecular formula is C64H78S6. The van der Waals surface area contributed by atoms with Crippen molar-refractivity contribution in [1.82, 2.24) is 0 Å². The Morgan fingerprint density at radius 2 is 1.17 bits per heavy atom. The van der Waals surface area contributed by atoms with Gasteiger partial charge in [-0.25, -0.2) is 0 Å². The monoisotopic (exact) mass is 1040 g/mol. The van der Waals surface area contributed by atoms with E-state index in [0.717, 1.165) is 12.3 Å². The van der Waals surface area contributed by atoms with Gasteiger partial charge in [0.15, 0.2) is 0 Å². The van der Waals surface area contributed by atoms with E-state index in [-0.39, 0.29) is 10.8 Å². The predicted molar refractivity (Wildman–Crippen MR) is 317 cm³/mol. The molecule has 11 rings (SSSR count). The molecule has 4 aliphatic rings. The fourth-order valence-electron chi connectivity index (χ4n) is 14.0. The molecule has 4 aliphatic carbocycles. The quantitative estimate of drug-likeness (QED) is 0.0529. The van der Waals surface area contributed by atoms with Crippen LogP contribution in [0.2, 0.25) is 0 Å². The summed E-state index contributed by atoms with van der Waals surface area (Å²) in [6.45, 7) is 14.1. The van der Waals surface area contributed by atoms with Gasteiger partial charge in [0.2, 0.25) is 0 Å². The van der Waals surface area contributed by atoms with Crippen molar-refractivity contribution >= 4 is 86.8 Å². The SMILES string of the molecule is CCCCCCC1=CC=C(C2(C3CCC(CCCCCC)C3)c3cc4c(cc3-c3sc5cc(C)sc5c32)C(c2csc(CCCCCC)c2)(c2ccc(CCCCCC)s2)c2c-4sc3cc(C)sc23)C1. The van der Waals surface area contributed by atoms with Crippen LogP contribution in [0.4, 0.5) is 0 Å². The Kier molecular flexibility index (Phi) is 15.1. The molecule has 0 amide bonds. The van der Waals surface area contributed by atoms with E-state index in [1.807, 2.05) is 11.3 Å². The van der Waals surface area contributed by atoms with Crippen LogP contribution >= 0.6 is 68.0 Å². The number of aryl methyl sites for hydroxylation is 4. The predicted octanol–water partition coefficient (Wildman–Crippen LogP) is 22.5. The maximum Gasteiger partial charge on any atom is 0.0837 e. The van der Waals surface area contributed by atoms with Gasteiger partial charge in [-0.2, -0.15) is 0 Å². The van der Waals surface area contributed by atoms with E-state index >= 15 is 0 Å². The first-order chi connectivity index (χ1) is 34.3. The maximum absolute atomic E-state index is 2.89. The third kappa shape index (κ3) is 8.62. The van der Waals surface area contributed by atoms with Crippen molar-refractivity contribution in [2.45, 2.75) is 206 Å². The second-order valence-electron chi connectivity index (χ2n) is 22.1. The highest BCUT2D eigenvalue weighted by Gasteiger charge is 2.58. The third-order valence-electron chi connectivity index (χ3n) is 17.3. The van der Waals surface area contributed by atoms with Gasteiger partial charge in [-0.3, -0.25) is 0 Å². The minimum absolute atomic E-state index is 0.103. The van der Waals surface area contributed by atoms with Crippen LogP contribution in [0.15, 0.2) is 71.1 Å². The molecule has 1 aromatic carbocycles. The normalized spacial score (nSPS) is 21.3. The molecule has 4 unspecified atom stereocenters. The first-order valence-electron chi connectivity index (χ1n) is 28.2. The average Bonchev–Trinajstić information content (AvgIpc) is 4.21. The van der Waals surface area contributed by atoms with E-state index in [9.17, 15) is 0 Å². The first-order valence-corrected chi connectivity index (χ1v) is 33.1. The smallest absolute Gasteiger partial charge is 0.0837 e. The molecule has 0 saturated heterocycles. The molecule has 0 nitrogen and oxygen atoms in total. The lowest BCUT2D eigenvalue weighted by atomic mass is 9.62. The molecule has 1 fully saturated rings. The zero-order chi connectivity index (χ0) is 48.0. The molecule has 0 spiro atoms. The summed E-state index contributed by atoms with van der Waals surface area (Å²) >= 11 is 12.6. The molecule has 70 heavy (non-hydrogen) atoms. The molecule has 6 aromatic heterocycles. The summed E-state index contributed by atoms with van der Waals surface area (Å²) in [5.74, 6) is 1.44. The lowest BCUT2D eigenvalue weighted by Crippen LogP contribution is -2.36. The second-order valence-corrected chi connectivity index (χ2v) is 28.9. The van der Waals surface area contributed by atoms with E-state index in [0.29, 0.717) is 5.92 Å². The van der Waals surface area contributed by atoms with Crippen molar-refractivity contribution in [3.63, 3.8) is 0 Å². The molecule has 1 saturated carbocycles. The average molecular weight is 1040 g/mol. The highest BCUT2D eigenvalue weighted by molar-refractivity contribution is 7.30. The topological polar surface area (TPSA) is 0 Å². The van der Waals surface area contributed by atoms with Crippen molar-refractivity contribution in [3.05, 3.63) is 123 Å². The molecule has 6 heterocycles. The summed E-state index contributed by atoms with van der Waals surface area (Å²) in [6.07, 6.45) is 36.9. The standard InChI is InChI=1S/C64H78S6/c1-7-11-15-19-23-43-27-29-45(35-43)63(46-30-28-44(36-46)24-20-16-12-8-2)52-38-51-53(39-50(52)59-57(63)61-54(69-59)33-41(5)66-61)64(47-37-49(65-40-47)26-22-18-14-10-4,56-32-31-48(68-56)25-21-17-13-9-3)58-60(51)70-55-34-42(6)67-62(55)58/h27,29,31-34,37-40,44,46H,7-26,28,30,35-36H2,1-6H3. The molecule has 7 aromatic rings. The number of benzene rings is 1. The molecule has 0 radical (unpaired) electrons. The van der Waals surface area contributed by atoms with Crippen molar-refractivity contribution in [2.75, 3.05) is 0 Å². The minimum Gasteiger partial charge on any atom is -0.149 e. The van der Waals surface area contributed by atoms with Crippen molar-refractivity contribution < 1.29 is 0 Å². The molecular weight excluding hydrogens is 961 g/mol. The van der Waals surface area contributed by atoms with Crippen LogP contribution in [0, 0.1) is 25.7 Å². The van der Waals surface area contributed by atoms with E-state index in [1.54, 1.807) is 78.3 Å². The summed E-state index contributed by atoms with van der Waals surface area (Å²) < 4.78 is 6.17. The zero-order valence-electron chi connectivity index (χ0n) is 43.3. The molecule has 0 N–H and O–H groups in total. The zero-order valence-corrected chi connectivity index (χ0v) is 48.2. The van der Waals surface area contributed by atoms with Gasteiger partial charge in [0, 0.05) is 60.1 Å². The van der Waals surface area contributed by atoms with Crippen LogP contribution in [0.3, 0.4) is 0 Å². The Labute approximate surface area is 445 Å². The van der Waals surface area contributed by atoms with Crippen molar-refractivity contribution in [1.29, 1.82) is 0 Å². The van der Waals surface area contributed by atoms with Gasteiger partial charge in [-0.15, -0.1) is 68.0 Å². The fourth-order valence-corrected chi connectivity index (χ4v) is 21.6. The highest BCUT2D eigenvalue weighted by Crippen LogP contribution is 2.70. The summed E-state index contributed by atoms with van der Waals surface area (Å²) in [4.78, 5) is 10.8. The van der Waals surface area contributed by atoms with Crippen LogP contribution in [0.1, 0.15) is 221 Å². The van der Waals surface area contributed by atoms with E-state index in [1.165, 1.54) is 172 Å². The molecule has 4 atom stereocenters. The van der Waals surface area contributed by atoms with Gasteiger partial charge in [-0.1, -0.05) is 147 Å². The first kappa shape index (κ1) is 49.6. The van der Waals surface area contributed by atoms with E-state index < -0.39 is 0 Å². The van der Waals surface area contributed by atoms with Crippen LogP contribution in [0.25, 0.3) is 39.7 Å². The second kappa shape index (κ2) is 21.3. The highest BCUT2D eigenvalue weighted by atomic mass is 32.1. The Balaban J connectivity index is 1.14. The number of allylic oxidation sites excluding steroid dienone is 4. The largest absolute Gasteiger partial charge is 0.149 e. The van der Waals surface area contributed by atoms with Crippen molar-refractivity contribution in [3.8, 4) is 20.9 Å². The molecule has 6 heteroatoms. The Morgan fingerprint density at radius 3 is 1.87 bits per heavy atom. The van der Waals surface area contributed by atoms with Gasteiger partial charge in [0.05, 0.1) is 14.8 Å². The maximum atomic E-state index is 2.89. The van der Waals surface area contributed by atoms with Gasteiger partial charge in [0.1, 0.15) is 0 Å². The fraction of sp³-hybridized carbons (Fsp3) is 0.531.